The van der Waals surface area contributed by atoms with E-state index < -0.39 is 0 Å². The van der Waals surface area contributed by atoms with Crippen molar-refractivity contribution in [2.24, 2.45) is 0 Å². The van der Waals surface area contributed by atoms with Crippen LogP contribution in [0.5, 0.6) is 0 Å². The SMILES string of the molecule is CN(C)Cc1ccccc1CNC(=O)c1ncn[nH]1. The van der Waals surface area contributed by atoms with E-state index in [1.54, 1.807) is 0 Å². The Kier molecular flexibility index (Phi) is 4.25. The molecule has 2 N–H and O–H groups in total. The van der Waals surface area contributed by atoms with E-state index in [-0.39, 0.29) is 11.7 Å². The summed E-state index contributed by atoms with van der Waals surface area (Å²) >= 11 is 0. The van der Waals surface area contributed by atoms with Crippen LogP contribution in [0.25, 0.3) is 0 Å². The van der Waals surface area contributed by atoms with E-state index >= 15 is 0 Å². The molecule has 1 heterocycles. The average Bonchev–Trinajstić information content (AvgIpc) is 2.90. The normalized spacial score (nSPS) is 10.7. The van der Waals surface area contributed by atoms with E-state index in [0.29, 0.717) is 6.54 Å². The van der Waals surface area contributed by atoms with Gasteiger partial charge in [0.05, 0.1) is 0 Å². The highest BCUT2D eigenvalue weighted by atomic mass is 16.2. The molecule has 0 aliphatic rings. The Hall–Kier alpha value is -2.21. The monoisotopic (exact) mass is 259 g/mol. The summed E-state index contributed by atoms with van der Waals surface area (Å²) in [6.45, 7) is 1.32. The number of nitrogens with zero attached hydrogens (tertiary/aromatic N) is 3. The van der Waals surface area contributed by atoms with Gasteiger partial charge in [-0.2, -0.15) is 5.10 Å². The molecule has 0 aliphatic carbocycles. The van der Waals surface area contributed by atoms with Gasteiger partial charge in [0.15, 0.2) is 0 Å². The number of hydrogen-bond acceptors (Lipinski definition) is 4. The number of aromatic nitrogens is 3. The topological polar surface area (TPSA) is 73.9 Å². The first-order chi connectivity index (χ1) is 9.16. The van der Waals surface area contributed by atoms with Crippen LogP contribution in [-0.4, -0.2) is 40.1 Å². The van der Waals surface area contributed by atoms with Gasteiger partial charge in [-0.05, 0) is 25.2 Å². The second-order valence-corrected chi connectivity index (χ2v) is 4.52. The van der Waals surface area contributed by atoms with Crippen molar-refractivity contribution in [1.82, 2.24) is 25.4 Å². The molecular weight excluding hydrogens is 242 g/mol. The number of amides is 1. The van der Waals surface area contributed by atoms with Crippen molar-refractivity contribution in [2.75, 3.05) is 14.1 Å². The van der Waals surface area contributed by atoms with Crippen molar-refractivity contribution in [3.63, 3.8) is 0 Å². The summed E-state index contributed by atoms with van der Waals surface area (Å²) in [6.07, 6.45) is 1.31. The number of carbonyl (C=O) groups is 1. The van der Waals surface area contributed by atoms with E-state index in [9.17, 15) is 4.79 Å². The summed E-state index contributed by atoms with van der Waals surface area (Å²) < 4.78 is 0. The lowest BCUT2D eigenvalue weighted by molar-refractivity contribution is 0.0941. The summed E-state index contributed by atoms with van der Waals surface area (Å²) in [7, 11) is 4.04. The van der Waals surface area contributed by atoms with Crippen LogP contribution in [0.1, 0.15) is 21.7 Å². The number of H-pyrrole nitrogens is 1. The zero-order valence-electron chi connectivity index (χ0n) is 11.1. The third-order valence-electron chi connectivity index (χ3n) is 2.67. The molecule has 0 bridgehead atoms. The van der Waals surface area contributed by atoms with Crippen LogP contribution in [0.4, 0.5) is 0 Å². The summed E-state index contributed by atoms with van der Waals surface area (Å²) in [5.41, 5.74) is 2.30. The Morgan fingerprint density at radius 3 is 2.68 bits per heavy atom. The van der Waals surface area contributed by atoms with Gasteiger partial charge in [0.25, 0.3) is 5.91 Å². The zero-order chi connectivity index (χ0) is 13.7. The van der Waals surface area contributed by atoms with E-state index in [1.165, 1.54) is 11.9 Å². The van der Waals surface area contributed by atoms with Gasteiger partial charge < -0.3 is 10.2 Å². The summed E-state index contributed by atoms with van der Waals surface area (Å²) in [4.78, 5) is 17.7. The quantitative estimate of drug-likeness (QED) is 0.833. The first-order valence-corrected chi connectivity index (χ1v) is 6.02. The molecule has 2 aromatic rings. The van der Waals surface area contributed by atoms with Gasteiger partial charge in [-0.1, -0.05) is 24.3 Å². The third-order valence-corrected chi connectivity index (χ3v) is 2.67. The van der Waals surface area contributed by atoms with Crippen LogP contribution in [0.15, 0.2) is 30.6 Å². The Labute approximate surface area is 111 Å². The van der Waals surface area contributed by atoms with Gasteiger partial charge in [0.2, 0.25) is 5.82 Å². The number of benzene rings is 1. The Balaban J connectivity index is 2.01. The van der Waals surface area contributed by atoms with Crippen LogP contribution in [0.2, 0.25) is 0 Å². The maximum atomic E-state index is 11.8. The van der Waals surface area contributed by atoms with E-state index in [4.69, 9.17) is 0 Å². The lowest BCUT2D eigenvalue weighted by atomic mass is 10.1. The first kappa shape index (κ1) is 13.2. The van der Waals surface area contributed by atoms with Gasteiger partial charge in [-0.3, -0.25) is 9.89 Å². The summed E-state index contributed by atoms with van der Waals surface area (Å²) in [6, 6.07) is 8.05. The molecule has 1 aromatic carbocycles. The maximum Gasteiger partial charge on any atom is 0.288 e. The minimum Gasteiger partial charge on any atom is -0.345 e. The molecule has 2 rings (SSSR count). The zero-order valence-corrected chi connectivity index (χ0v) is 11.1. The minimum atomic E-state index is -0.253. The fraction of sp³-hybridized carbons (Fsp3) is 0.308. The maximum absolute atomic E-state index is 11.8. The Morgan fingerprint density at radius 1 is 1.32 bits per heavy atom. The number of carbonyl (C=O) groups excluding carboxylic acids is 1. The van der Waals surface area contributed by atoms with E-state index in [2.05, 4.69) is 31.5 Å². The van der Waals surface area contributed by atoms with Crippen molar-refractivity contribution in [2.45, 2.75) is 13.1 Å². The van der Waals surface area contributed by atoms with E-state index in [1.807, 2.05) is 32.3 Å². The molecule has 0 saturated carbocycles. The summed E-state index contributed by atoms with van der Waals surface area (Å²) in [5, 5.41) is 9.01. The molecule has 0 aliphatic heterocycles. The minimum absolute atomic E-state index is 0.227. The molecule has 0 unspecified atom stereocenters. The smallest absolute Gasteiger partial charge is 0.288 e. The van der Waals surface area contributed by atoms with Gasteiger partial charge in [0.1, 0.15) is 6.33 Å². The fourth-order valence-corrected chi connectivity index (χ4v) is 1.80. The highest BCUT2D eigenvalue weighted by Gasteiger charge is 2.09. The molecule has 0 fully saturated rings. The molecule has 1 amide bonds. The molecule has 100 valence electrons. The van der Waals surface area contributed by atoms with Crippen LogP contribution in [0, 0.1) is 0 Å². The number of hydrogen-bond donors (Lipinski definition) is 2. The molecule has 0 radical (unpaired) electrons. The Morgan fingerprint density at radius 2 is 2.05 bits per heavy atom. The van der Waals surface area contributed by atoms with Crippen molar-refractivity contribution < 1.29 is 4.79 Å². The van der Waals surface area contributed by atoms with Crippen molar-refractivity contribution >= 4 is 5.91 Å². The van der Waals surface area contributed by atoms with Crippen LogP contribution < -0.4 is 5.32 Å². The second kappa shape index (κ2) is 6.10. The highest BCUT2D eigenvalue weighted by Crippen LogP contribution is 2.10. The third kappa shape index (κ3) is 3.62. The molecule has 0 spiro atoms. The average molecular weight is 259 g/mol. The predicted octanol–water partition coefficient (Wildman–Crippen LogP) is 0.796. The molecule has 1 aromatic heterocycles. The fourth-order valence-electron chi connectivity index (χ4n) is 1.80. The summed E-state index contributed by atoms with van der Waals surface area (Å²) in [5.74, 6) is -0.0257. The number of nitrogens with one attached hydrogen (secondary N) is 2. The number of aromatic amines is 1. The number of rotatable bonds is 5. The van der Waals surface area contributed by atoms with E-state index in [0.717, 1.165) is 12.1 Å². The van der Waals surface area contributed by atoms with Crippen LogP contribution in [-0.2, 0) is 13.1 Å². The molecular formula is C13H17N5O. The van der Waals surface area contributed by atoms with Crippen LogP contribution in [0.3, 0.4) is 0 Å². The van der Waals surface area contributed by atoms with Crippen LogP contribution >= 0.6 is 0 Å². The van der Waals surface area contributed by atoms with Gasteiger partial charge in [-0.25, -0.2) is 4.98 Å². The molecule has 6 heteroatoms. The largest absolute Gasteiger partial charge is 0.345 e. The van der Waals surface area contributed by atoms with Crippen molar-refractivity contribution in [3.05, 3.63) is 47.5 Å². The van der Waals surface area contributed by atoms with Crippen molar-refractivity contribution in [3.8, 4) is 0 Å². The first-order valence-electron chi connectivity index (χ1n) is 6.02. The lowest BCUT2D eigenvalue weighted by Gasteiger charge is -2.14. The molecule has 19 heavy (non-hydrogen) atoms. The predicted molar refractivity (Wildman–Crippen MR) is 71.4 cm³/mol. The van der Waals surface area contributed by atoms with Gasteiger partial charge in [0, 0.05) is 13.1 Å². The van der Waals surface area contributed by atoms with Crippen molar-refractivity contribution in [1.29, 1.82) is 0 Å². The lowest BCUT2D eigenvalue weighted by Crippen LogP contribution is -2.25. The molecule has 0 saturated heterocycles. The second-order valence-electron chi connectivity index (χ2n) is 4.52. The highest BCUT2D eigenvalue weighted by molar-refractivity contribution is 5.90. The van der Waals surface area contributed by atoms with Gasteiger partial charge in [-0.15, -0.1) is 0 Å². The standard InChI is InChI=1S/C13H17N5O/c1-18(2)8-11-6-4-3-5-10(11)7-14-13(19)12-15-9-16-17-12/h3-6,9H,7-8H2,1-2H3,(H,14,19)(H,15,16,17). The van der Waals surface area contributed by atoms with Gasteiger partial charge >= 0.3 is 0 Å². The molecule has 0 atom stereocenters. The molecule has 6 nitrogen and oxygen atoms in total. The Bertz CT molecular complexity index is 536.